The summed E-state index contributed by atoms with van der Waals surface area (Å²) in [6.45, 7) is 0. The highest BCUT2D eigenvalue weighted by molar-refractivity contribution is 9.10. The molecule has 1 unspecified atom stereocenters. The van der Waals surface area contributed by atoms with E-state index in [4.69, 9.17) is 10.5 Å². The summed E-state index contributed by atoms with van der Waals surface area (Å²) in [5, 5.41) is 1.92. The SMILES string of the molecule is COc1csc(C(N)c2cc3[nH]c(=O)[nH]c3cc2Br)c1. The first kappa shape index (κ1) is 13.4. The zero-order valence-corrected chi connectivity index (χ0v) is 13.0. The minimum absolute atomic E-state index is 0.226. The minimum Gasteiger partial charge on any atom is -0.496 e. The van der Waals surface area contributed by atoms with E-state index in [1.165, 1.54) is 0 Å². The number of hydrogen-bond donors (Lipinski definition) is 3. The van der Waals surface area contributed by atoms with Gasteiger partial charge in [0.05, 0.1) is 24.2 Å². The molecule has 1 atom stereocenters. The largest absolute Gasteiger partial charge is 0.496 e. The van der Waals surface area contributed by atoms with Gasteiger partial charge in [-0.3, -0.25) is 0 Å². The number of hydrogen-bond acceptors (Lipinski definition) is 4. The Morgan fingerprint density at radius 1 is 1.30 bits per heavy atom. The smallest absolute Gasteiger partial charge is 0.323 e. The van der Waals surface area contributed by atoms with E-state index in [1.54, 1.807) is 18.4 Å². The number of aromatic amines is 2. The van der Waals surface area contributed by atoms with Gasteiger partial charge in [0.15, 0.2) is 0 Å². The minimum atomic E-state index is -0.277. The highest BCUT2D eigenvalue weighted by Gasteiger charge is 2.16. The molecule has 7 heteroatoms. The molecule has 0 aliphatic rings. The maximum Gasteiger partial charge on any atom is 0.323 e. The summed E-state index contributed by atoms with van der Waals surface area (Å²) in [6.07, 6.45) is 0. The van der Waals surface area contributed by atoms with E-state index >= 15 is 0 Å². The maximum absolute atomic E-state index is 11.3. The Morgan fingerprint density at radius 2 is 2.00 bits per heavy atom. The van der Waals surface area contributed by atoms with Crippen molar-refractivity contribution in [2.24, 2.45) is 5.73 Å². The number of benzene rings is 1. The lowest BCUT2D eigenvalue weighted by atomic mass is 10.1. The van der Waals surface area contributed by atoms with Crippen LogP contribution in [-0.4, -0.2) is 17.1 Å². The number of rotatable bonds is 3. The number of ether oxygens (including phenoxy) is 1. The first-order valence-corrected chi connectivity index (χ1v) is 7.55. The molecule has 2 aromatic heterocycles. The van der Waals surface area contributed by atoms with Gasteiger partial charge in [-0.1, -0.05) is 15.9 Å². The molecule has 0 spiro atoms. The van der Waals surface area contributed by atoms with Crippen molar-refractivity contribution in [2.75, 3.05) is 7.11 Å². The number of fused-ring (bicyclic) bond motifs is 1. The number of H-pyrrole nitrogens is 2. The van der Waals surface area contributed by atoms with Crippen molar-refractivity contribution in [2.45, 2.75) is 6.04 Å². The summed E-state index contributed by atoms with van der Waals surface area (Å²) < 4.78 is 6.04. The molecular weight excluding hydrogens is 342 g/mol. The van der Waals surface area contributed by atoms with Crippen molar-refractivity contribution in [1.82, 2.24) is 9.97 Å². The lowest BCUT2D eigenvalue weighted by Gasteiger charge is -2.12. The molecule has 1 aromatic carbocycles. The van der Waals surface area contributed by atoms with E-state index in [-0.39, 0.29) is 11.7 Å². The van der Waals surface area contributed by atoms with Crippen LogP contribution in [0.1, 0.15) is 16.5 Å². The van der Waals surface area contributed by atoms with Crippen LogP contribution in [0.5, 0.6) is 5.75 Å². The average molecular weight is 354 g/mol. The van der Waals surface area contributed by atoms with Crippen LogP contribution < -0.4 is 16.2 Å². The van der Waals surface area contributed by atoms with Crippen LogP contribution in [0, 0.1) is 0 Å². The zero-order valence-electron chi connectivity index (χ0n) is 10.6. The summed E-state index contributed by atoms with van der Waals surface area (Å²) >= 11 is 5.05. The number of imidazole rings is 1. The second kappa shape index (κ2) is 5.08. The summed E-state index contributed by atoms with van der Waals surface area (Å²) in [4.78, 5) is 17.8. The topological polar surface area (TPSA) is 83.9 Å². The molecule has 0 radical (unpaired) electrons. The van der Waals surface area contributed by atoms with Crippen LogP contribution in [0.3, 0.4) is 0 Å². The lowest BCUT2D eigenvalue weighted by Crippen LogP contribution is -2.11. The van der Waals surface area contributed by atoms with Gasteiger partial charge >= 0.3 is 5.69 Å². The predicted molar refractivity (Wildman–Crippen MR) is 83.5 cm³/mol. The van der Waals surface area contributed by atoms with E-state index in [1.807, 2.05) is 23.6 Å². The summed E-state index contributed by atoms with van der Waals surface area (Å²) in [6, 6.07) is 5.38. The third-order valence-electron chi connectivity index (χ3n) is 3.11. The molecule has 20 heavy (non-hydrogen) atoms. The van der Waals surface area contributed by atoms with Crippen LogP contribution in [-0.2, 0) is 0 Å². The van der Waals surface area contributed by atoms with Crippen molar-refractivity contribution in [1.29, 1.82) is 0 Å². The molecule has 3 rings (SSSR count). The summed E-state index contributed by atoms with van der Waals surface area (Å²) in [5.41, 5.74) is 8.49. The van der Waals surface area contributed by atoms with Gasteiger partial charge in [-0.15, -0.1) is 11.3 Å². The first-order valence-electron chi connectivity index (χ1n) is 5.88. The van der Waals surface area contributed by atoms with Gasteiger partial charge in [-0.2, -0.15) is 0 Å². The highest BCUT2D eigenvalue weighted by Crippen LogP contribution is 2.34. The van der Waals surface area contributed by atoms with Gasteiger partial charge in [0, 0.05) is 14.7 Å². The fourth-order valence-corrected chi connectivity index (χ4v) is 3.53. The molecule has 0 bridgehead atoms. The standard InChI is InChI=1S/C13H12BrN3O2S/c1-19-6-2-11(20-5-6)12(15)7-3-9-10(4-8(7)14)17-13(18)16-9/h2-5,12H,15H2,1H3,(H2,16,17,18). The summed E-state index contributed by atoms with van der Waals surface area (Å²) in [5.74, 6) is 0.799. The van der Waals surface area contributed by atoms with Crippen LogP contribution >= 0.6 is 27.3 Å². The monoisotopic (exact) mass is 353 g/mol. The van der Waals surface area contributed by atoms with Crippen molar-refractivity contribution < 1.29 is 4.74 Å². The lowest BCUT2D eigenvalue weighted by molar-refractivity contribution is 0.416. The summed E-state index contributed by atoms with van der Waals surface area (Å²) in [7, 11) is 1.63. The highest BCUT2D eigenvalue weighted by atomic mass is 79.9. The molecule has 0 aliphatic heterocycles. The number of nitrogens with one attached hydrogen (secondary N) is 2. The zero-order chi connectivity index (χ0) is 14.3. The quantitative estimate of drug-likeness (QED) is 0.676. The molecule has 5 nitrogen and oxygen atoms in total. The Labute approximate surface area is 126 Å². The van der Waals surface area contributed by atoms with Crippen molar-refractivity contribution in [3.05, 3.63) is 49.0 Å². The number of halogens is 1. The number of aromatic nitrogens is 2. The third-order valence-corrected chi connectivity index (χ3v) is 4.79. The molecular formula is C13H12BrN3O2S. The maximum atomic E-state index is 11.3. The molecule has 2 heterocycles. The third kappa shape index (κ3) is 2.28. The Hall–Kier alpha value is -1.57. The van der Waals surface area contributed by atoms with E-state index in [2.05, 4.69) is 25.9 Å². The van der Waals surface area contributed by atoms with Gasteiger partial charge in [0.1, 0.15) is 5.75 Å². The van der Waals surface area contributed by atoms with Gasteiger partial charge in [0.2, 0.25) is 0 Å². The Morgan fingerprint density at radius 3 is 2.65 bits per heavy atom. The van der Waals surface area contributed by atoms with Gasteiger partial charge < -0.3 is 20.4 Å². The fourth-order valence-electron chi connectivity index (χ4n) is 2.07. The first-order chi connectivity index (χ1) is 9.58. The normalized spacial score (nSPS) is 12.8. The van der Waals surface area contributed by atoms with Gasteiger partial charge in [-0.25, -0.2) is 4.79 Å². The van der Waals surface area contributed by atoms with Crippen molar-refractivity contribution >= 4 is 38.3 Å². The van der Waals surface area contributed by atoms with E-state index < -0.39 is 0 Å². The van der Waals surface area contributed by atoms with Crippen LogP contribution in [0.25, 0.3) is 11.0 Å². The van der Waals surface area contributed by atoms with Crippen LogP contribution in [0.2, 0.25) is 0 Å². The molecule has 0 amide bonds. The number of methoxy groups -OCH3 is 1. The van der Waals surface area contributed by atoms with E-state index in [0.717, 1.165) is 31.7 Å². The predicted octanol–water partition coefficient (Wildman–Crippen LogP) is 2.74. The Kier molecular flexibility index (Phi) is 3.41. The molecule has 3 aromatic rings. The van der Waals surface area contributed by atoms with Gasteiger partial charge in [-0.05, 0) is 23.8 Å². The molecule has 0 saturated carbocycles. The number of thiophene rings is 1. The van der Waals surface area contributed by atoms with Gasteiger partial charge in [0.25, 0.3) is 0 Å². The van der Waals surface area contributed by atoms with E-state index in [9.17, 15) is 4.79 Å². The molecule has 0 fully saturated rings. The molecule has 0 aliphatic carbocycles. The van der Waals surface area contributed by atoms with Crippen molar-refractivity contribution in [3.8, 4) is 5.75 Å². The molecule has 0 saturated heterocycles. The Balaban J connectivity index is 2.07. The second-order valence-corrected chi connectivity index (χ2v) is 6.16. The molecule has 104 valence electrons. The second-order valence-electron chi connectivity index (χ2n) is 4.37. The van der Waals surface area contributed by atoms with E-state index in [0.29, 0.717) is 0 Å². The van der Waals surface area contributed by atoms with Crippen LogP contribution in [0.15, 0.2) is 32.8 Å². The van der Waals surface area contributed by atoms with Crippen molar-refractivity contribution in [3.63, 3.8) is 0 Å². The average Bonchev–Trinajstić information content (AvgIpc) is 3.02. The van der Waals surface area contributed by atoms with Crippen LogP contribution in [0.4, 0.5) is 0 Å². The molecule has 4 N–H and O–H groups in total. The fraction of sp³-hybridized carbons (Fsp3) is 0.154. The Bertz CT molecular complexity index is 820. The number of nitrogens with two attached hydrogens (primary N) is 1.